The number of fused-ring (bicyclic) bond motifs is 1. The maximum atomic E-state index is 11.3. The highest BCUT2D eigenvalue weighted by molar-refractivity contribution is 5.82. The number of carbonyl (C=O) groups is 2. The Morgan fingerprint density at radius 2 is 2.05 bits per heavy atom. The summed E-state index contributed by atoms with van der Waals surface area (Å²) in [5, 5.41) is 12.7. The molecule has 21 heavy (non-hydrogen) atoms. The van der Waals surface area contributed by atoms with Crippen LogP contribution in [0.15, 0.2) is 28.7 Å². The largest absolute Gasteiger partial charge is 0.481 e. The second-order valence-electron chi connectivity index (χ2n) is 5.17. The van der Waals surface area contributed by atoms with Crippen LogP contribution in [0.4, 0.5) is 0 Å². The number of amides is 1. The summed E-state index contributed by atoms with van der Waals surface area (Å²) in [6.07, 6.45) is 0.989. The fourth-order valence-corrected chi connectivity index (χ4v) is 2.53. The van der Waals surface area contributed by atoms with Crippen molar-refractivity contribution in [1.82, 2.24) is 5.32 Å². The molecule has 1 heterocycles. The highest BCUT2D eigenvalue weighted by Crippen LogP contribution is 2.26. The van der Waals surface area contributed by atoms with E-state index in [1.165, 1.54) is 6.92 Å². The predicted molar refractivity (Wildman–Crippen MR) is 79.1 cm³/mol. The first-order chi connectivity index (χ1) is 9.97. The summed E-state index contributed by atoms with van der Waals surface area (Å²) in [6.45, 7) is 3.32. The van der Waals surface area contributed by atoms with Crippen molar-refractivity contribution in [1.29, 1.82) is 0 Å². The Hall–Kier alpha value is -2.30. The van der Waals surface area contributed by atoms with Crippen molar-refractivity contribution >= 4 is 22.8 Å². The van der Waals surface area contributed by atoms with Crippen LogP contribution in [-0.4, -0.2) is 23.0 Å². The monoisotopic (exact) mass is 289 g/mol. The molecular weight excluding hydrogens is 270 g/mol. The van der Waals surface area contributed by atoms with Crippen molar-refractivity contribution < 1.29 is 19.1 Å². The van der Waals surface area contributed by atoms with E-state index in [0.717, 1.165) is 22.3 Å². The lowest BCUT2D eigenvalue weighted by Crippen LogP contribution is -2.35. The van der Waals surface area contributed by atoms with Crippen LogP contribution >= 0.6 is 0 Å². The van der Waals surface area contributed by atoms with E-state index < -0.39 is 5.97 Å². The Labute approximate surface area is 122 Å². The van der Waals surface area contributed by atoms with Crippen LogP contribution in [0.1, 0.15) is 31.1 Å². The third-order valence-electron chi connectivity index (χ3n) is 3.46. The molecule has 0 bridgehead atoms. The highest BCUT2D eigenvalue weighted by atomic mass is 16.4. The zero-order valence-corrected chi connectivity index (χ0v) is 12.2. The van der Waals surface area contributed by atoms with Gasteiger partial charge in [-0.2, -0.15) is 0 Å². The number of nitrogens with one attached hydrogen (secondary N) is 1. The van der Waals surface area contributed by atoms with Crippen molar-refractivity contribution in [3.63, 3.8) is 0 Å². The Bertz CT molecular complexity index is 659. The van der Waals surface area contributed by atoms with Gasteiger partial charge in [0.25, 0.3) is 0 Å². The van der Waals surface area contributed by atoms with Crippen molar-refractivity contribution in [2.45, 2.75) is 39.2 Å². The van der Waals surface area contributed by atoms with Gasteiger partial charge in [-0.1, -0.05) is 18.2 Å². The van der Waals surface area contributed by atoms with Crippen LogP contribution in [0.25, 0.3) is 11.0 Å². The standard InChI is InChI=1S/C16H19NO4/c1-10-14(13-5-3-4-6-15(13)21-10)9-12(17-11(2)18)7-8-16(19)20/h3-6,12H,7-9H2,1-2H3,(H,17,18)(H,19,20). The molecule has 0 radical (unpaired) electrons. The maximum absolute atomic E-state index is 11.3. The lowest BCUT2D eigenvalue weighted by atomic mass is 9.99. The highest BCUT2D eigenvalue weighted by Gasteiger charge is 2.18. The fourth-order valence-electron chi connectivity index (χ4n) is 2.53. The number of carbonyl (C=O) groups excluding carboxylic acids is 1. The summed E-state index contributed by atoms with van der Waals surface area (Å²) < 4.78 is 5.70. The molecule has 5 heteroatoms. The van der Waals surface area contributed by atoms with Gasteiger partial charge in [-0.15, -0.1) is 0 Å². The minimum absolute atomic E-state index is 0.0276. The number of hydrogen-bond donors (Lipinski definition) is 2. The van der Waals surface area contributed by atoms with Crippen LogP contribution < -0.4 is 5.32 Å². The first-order valence-electron chi connectivity index (χ1n) is 6.93. The van der Waals surface area contributed by atoms with Gasteiger partial charge in [0.2, 0.25) is 5.91 Å². The molecule has 0 aliphatic rings. The number of carboxylic acid groups (broad SMARTS) is 1. The number of aryl methyl sites for hydroxylation is 1. The summed E-state index contributed by atoms with van der Waals surface area (Å²) >= 11 is 0. The zero-order chi connectivity index (χ0) is 15.4. The Morgan fingerprint density at radius 3 is 2.71 bits per heavy atom. The lowest BCUT2D eigenvalue weighted by molar-refractivity contribution is -0.137. The van der Waals surface area contributed by atoms with Gasteiger partial charge in [0, 0.05) is 30.3 Å². The van der Waals surface area contributed by atoms with Gasteiger partial charge in [0.15, 0.2) is 0 Å². The SMILES string of the molecule is CC(=O)NC(CCC(=O)O)Cc1c(C)oc2ccccc12. The normalized spacial score (nSPS) is 12.3. The second kappa shape index (κ2) is 6.43. The second-order valence-corrected chi connectivity index (χ2v) is 5.17. The molecule has 2 rings (SSSR count). The third-order valence-corrected chi connectivity index (χ3v) is 3.46. The molecule has 1 atom stereocenters. The Kier molecular flexibility index (Phi) is 4.62. The molecule has 0 fully saturated rings. The van der Waals surface area contributed by atoms with E-state index in [1.54, 1.807) is 0 Å². The number of hydrogen-bond acceptors (Lipinski definition) is 3. The van der Waals surface area contributed by atoms with E-state index >= 15 is 0 Å². The molecule has 1 unspecified atom stereocenters. The van der Waals surface area contributed by atoms with Crippen molar-refractivity contribution in [2.24, 2.45) is 0 Å². The molecule has 2 aromatic rings. The predicted octanol–water partition coefficient (Wildman–Crippen LogP) is 2.65. The van der Waals surface area contributed by atoms with E-state index in [-0.39, 0.29) is 18.4 Å². The van der Waals surface area contributed by atoms with E-state index in [9.17, 15) is 9.59 Å². The summed E-state index contributed by atoms with van der Waals surface area (Å²) in [6, 6.07) is 7.51. The molecule has 0 aliphatic heterocycles. The summed E-state index contributed by atoms with van der Waals surface area (Å²) in [7, 11) is 0. The van der Waals surface area contributed by atoms with E-state index in [0.29, 0.717) is 12.8 Å². The minimum Gasteiger partial charge on any atom is -0.481 e. The Morgan fingerprint density at radius 1 is 1.33 bits per heavy atom. The average Bonchev–Trinajstić information content (AvgIpc) is 2.72. The zero-order valence-electron chi connectivity index (χ0n) is 12.2. The Balaban J connectivity index is 2.22. The molecule has 0 spiro atoms. The van der Waals surface area contributed by atoms with Gasteiger partial charge < -0.3 is 14.8 Å². The van der Waals surface area contributed by atoms with Crippen molar-refractivity contribution in [2.75, 3.05) is 0 Å². The number of aliphatic carboxylic acids is 1. The van der Waals surface area contributed by atoms with Crippen LogP contribution in [-0.2, 0) is 16.0 Å². The average molecular weight is 289 g/mol. The molecule has 0 aliphatic carbocycles. The molecule has 1 aromatic heterocycles. The summed E-state index contributed by atoms with van der Waals surface area (Å²) in [5.41, 5.74) is 1.83. The smallest absolute Gasteiger partial charge is 0.303 e. The van der Waals surface area contributed by atoms with Gasteiger partial charge >= 0.3 is 5.97 Å². The third kappa shape index (κ3) is 3.84. The molecule has 5 nitrogen and oxygen atoms in total. The number of carboxylic acids is 1. The summed E-state index contributed by atoms with van der Waals surface area (Å²) in [4.78, 5) is 22.0. The van der Waals surface area contributed by atoms with Crippen LogP contribution in [0.2, 0.25) is 0 Å². The number of para-hydroxylation sites is 1. The van der Waals surface area contributed by atoms with Crippen molar-refractivity contribution in [3.05, 3.63) is 35.6 Å². The van der Waals surface area contributed by atoms with Crippen molar-refractivity contribution in [3.8, 4) is 0 Å². The molecule has 2 N–H and O–H groups in total. The molecule has 1 amide bonds. The lowest BCUT2D eigenvalue weighted by Gasteiger charge is -2.17. The van der Waals surface area contributed by atoms with Gasteiger partial charge in [0.05, 0.1) is 0 Å². The van der Waals surface area contributed by atoms with E-state index in [4.69, 9.17) is 9.52 Å². The number of furan rings is 1. The summed E-state index contributed by atoms with van der Waals surface area (Å²) in [5.74, 6) is -0.211. The van der Waals surface area contributed by atoms with Crippen LogP contribution in [0.5, 0.6) is 0 Å². The molecule has 0 saturated carbocycles. The first kappa shape index (κ1) is 15.1. The van der Waals surface area contributed by atoms with Gasteiger partial charge in [-0.05, 0) is 25.8 Å². The molecule has 0 saturated heterocycles. The number of rotatable bonds is 6. The quantitative estimate of drug-likeness (QED) is 0.856. The molecule has 1 aromatic carbocycles. The van der Waals surface area contributed by atoms with E-state index in [2.05, 4.69) is 5.32 Å². The number of benzene rings is 1. The molecule has 112 valence electrons. The first-order valence-corrected chi connectivity index (χ1v) is 6.93. The van der Waals surface area contributed by atoms with Gasteiger partial charge in [0.1, 0.15) is 11.3 Å². The van der Waals surface area contributed by atoms with Crippen LogP contribution in [0.3, 0.4) is 0 Å². The van der Waals surface area contributed by atoms with E-state index in [1.807, 2.05) is 31.2 Å². The maximum Gasteiger partial charge on any atom is 0.303 e. The molecular formula is C16H19NO4. The topological polar surface area (TPSA) is 79.5 Å². The van der Waals surface area contributed by atoms with Gasteiger partial charge in [-0.25, -0.2) is 0 Å². The minimum atomic E-state index is -0.862. The van der Waals surface area contributed by atoms with Gasteiger partial charge in [-0.3, -0.25) is 9.59 Å². The van der Waals surface area contributed by atoms with Crippen LogP contribution in [0, 0.1) is 6.92 Å². The fraction of sp³-hybridized carbons (Fsp3) is 0.375.